The second-order valence-corrected chi connectivity index (χ2v) is 18.1. The van der Waals surface area contributed by atoms with Crippen molar-refractivity contribution in [2.75, 3.05) is 13.2 Å². The van der Waals surface area contributed by atoms with E-state index in [2.05, 4.69) is 81.5 Å². The van der Waals surface area contributed by atoms with Crippen molar-refractivity contribution in [2.24, 2.45) is 0 Å². The zero-order valence-electron chi connectivity index (χ0n) is 42.3. The molecule has 0 aromatic heterocycles. The van der Waals surface area contributed by atoms with Gasteiger partial charge in [-0.1, -0.05) is 229 Å². The van der Waals surface area contributed by atoms with Gasteiger partial charge in [0.05, 0.1) is 0 Å². The number of esters is 3. The first-order chi connectivity index (χ1) is 31.5. The molecule has 0 saturated heterocycles. The van der Waals surface area contributed by atoms with Gasteiger partial charge in [0.1, 0.15) is 13.2 Å². The second kappa shape index (κ2) is 52.7. The van der Waals surface area contributed by atoms with Crippen LogP contribution < -0.4 is 0 Å². The van der Waals surface area contributed by atoms with E-state index in [1.807, 2.05) is 0 Å². The largest absolute Gasteiger partial charge is 0.462 e. The molecule has 0 aliphatic heterocycles. The first-order valence-corrected chi connectivity index (χ1v) is 27.3. The highest BCUT2D eigenvalue weighted by Gasteiger charge is 2.19. The van der Waals surface area contributed by atoms with Gasteiger partial charge in [-0.3, -0.25) is 14.4 Å². The monoisotopic (exact) mass is 895 g/mol. The Labute approximate surface area is 396 Å². The van der Waals surface area contributed by atoms with Gasteiger partial charge >= 0.3 is 17.9 Å². The molecule has 0 fully saturated rings. The van der Waals surface area contributed by atoms with Crippen molar-refractivity contribution in [3.63, 3.8) is 0 Å². The number of ether oxygens (including phenoxy) is 3. The highest BCUT2D eigenvalue weighted by Crippen LogP contribution is 2.15. The summed E-state index contributed by atoms with van der Waals surface area (Å²) in [6, 6.07) is 0. The van der Waals surface area contributed by atoms with Crippen molar-refractivity contribution in [2.45, 2.75) is 277 Å². The molecule has 6 heteroatoms. The normalized spacial score (nSPS) is 12.5. The van der Waals surface area contributed by atoms with Crippen LogP contribution in [-0.2, 0) is 28.6 Å². The number of carbonyl (C=O) groups is 3. The molecule has 0 aromatic carbocycles. The van der Waals surface area contributed by atoms with Gasteiger partial charge in [-0.15, -0.1) is 0 Å². The second-order valence-electron chi connectivity index (χ2n) is 18.1. The van der Waals surface area contributed by atoms with E-state index in [0.717, 1.165) is 70.6 Å². The van der Waals surface area contributed by atoms with Gasteiger partial charge in [-0.2, -0.15) is 0 Å². The lowest BCUT2D eigenvalue weighted by molar-refractivity contribution is -0.167. The molecule has 0 saturated carbocycles. The lowest BCUT2D eigenvalue weighted by atomic mass is 10.0. The minimum absolute atomic E-state index is 0.0934. The number of rotatable bonds is 49. The van der Waals surface area contributed by atoms with Gasteiger partial charge in [0.15, 0.2) is 6.10 Å². The summed E-state index contributed by atoms with van der Waals surface area (Å²) in [4.78, 5) is 38.0. The summed E-state index contributed by atoms with van der Waals surface area (Å²) in [6.45, 7) is 6.56. The maximum absolute atomic E-state index is 12.8. The van der Waals surface area contributed by atoms with Crippen molar-refractivity contribution in [3.05, 3.63) is 60.8 Å². The summed E-state index contributed by atoms with van der Waals surface area (Å²) in [6.07, 6.45) is 64.9. The predicted octanol–water partition coefficient (Wildman–Crippen LogP) is 18.0. The maximum Gasteiger partial charge on any atom is 0.306 e. The Morgan fingerprint density at radius 1 is 0.312 bits per heavy atom. The summed E-state index contributed by atoms with van der Waals surface area (Å²) < 4.78 is 16.8. The van der Waals surface area contributed by atoms with Crippen LogP contribution in [0, 0.1) is 0 Å². The van der Waals surface area contributed by atoms with E-state index in [1.165, 1.54) is 154 Å². The summed E-state index contributed by atoms with van der Waals surface area (Å²) in [5, 5.41) is 0. The smallest absolute Gasteiger partial charge is 0.306 e. The zero-order chi connectivity index (χ0) is 46.5. The van der Waals surface area contributed by atoms with Crippen LogP contribution in [0.5, 0.6) is 0 Å². The topological polar surface area (TPSA) is 78.9 Å². The minimum Gasteiger partial charge on any atom is -0.462 e. The lowest BCUT2D eigenvalue weighted by Gasteiger charge is -2.18. The fraction of sp³-hybridized carbons (Fsp3) is 0.776. The van der Waals surface area contributed by atoms with Gasteiger partial charge in [0.25, 0.3) is 0 Å². The Bertz CT molecular complexity index is 1170. The number of allylic oxidation sites excluding steroid dienone is 10. The molecule has 0 radical (unpaired) electrons. The SMILES string of the molecule is CCCCC/C=C\C/C=C\C/C=C\C/C=C\CCCC(=O)OC[C@@H](COC(=O)CCCCCCC/C=C\CCCCCC)OC(=O)CCCCCCCCCCCCCCCCCC. The summed E-state index contributed by atoms with van der Waals surface area (Å²) in [5.74, 6) is -0.951. The summed E-state index contributed by atoms with van der Waals surface area (Å²) >= 11 is 0. The van der Waals surface area contributed by atoms with Crippen molar-refractivity contribution in [1.82, 2.24) is 0 Å². The average molecular weight is 895 g/mol. The van der Waals surface area contributed by atoms with Gasteiger partial charge in [0.2, 0.25) is 0 Å². The van der Waals surface area contributed by atoms with E-state index in [-0.39, 0.29) is 37.5 Å². The predicted molar refractivity (Wildman–Crippen MR) is 275 cm³/mol. The summed E-state index contributed by atoms with van der Waals surface area (Å²) in [5.41, 5.74) is 0. The maximum atomic E-state index is 12.8. The van der Waals surface area contributed by atoms with Crippen LogP contribution in [0.15, 0.2) is 60.8 Å². The number of hydrogen-bond donors (Lipinski definition) is 0. The molecule has 0 amide bonds. The average Bonchev–Trinajstić information content (AvgIpc) is 3.29. The first-order valence-electron chi connectivity index (χ1n) is 27.3. The summed E-state index contributed by atoms with van der Waals surface area (Å²) in [7, 11) is 0. The third-order valence-electron chi connectivity index (χ3n) is 11.7. The van der Waals surface area contributed by atoms with Gasteiger partial charge < -0.3 is 14.2 Å². The zero-order valence-corrected chi connectivity index (χ0v) is 42.3. The standard InChI is InChI=1S/C58H102O6/c1-4-7-10-13-16-19-22-25-27-29-31-33-36-39-42-45-48-51-57(60)63-54-55(53-62-56(59)50-47-44-41-38-35-32-24-21-18-15-12-9-6-3)64-58(61)52-49-46-43-40-37-34-30-28-26-23-20-17-14-11-8-5-2/h16,19,21,24-25,27,31,33,39,42,55H,4-15,17-18,20,22-23,26,28-30,32,34-38,40-41,43-54H2,1-3H3/b19-16-,24-21-,27-25-,33-31-,42-39-/t55-/m1/s1. The van der Waals surface area contributed by atoms with Crippen molar-refractivity contribution < 1.29 is 28.6 Å². The van der Waals surface area contributed by atoms with Gasteiger partial charge in [-0.05, 0) is 83.5 Å². The van der Waals surface area contributed by atoms with E-state index in [4.69, 9.17) is 14.2 Å². The molecule has 6 nitrogen and oxygen atoms in total. The number of carbonyl (C=O) groups excluding carboxylic acids is 3. The molecule has 0 aliphatic rings. The Hall–Kier alpha value is -2.89. The van der Waals surface area contributed by atoms with Crippen molar-refractivity contribution in [3.8, 4) is 0 Å². The molecule has 0 bridgehead atoms. The first kappa shape index (κ1) is 61.1. The van der Waals surface area contributed by atoms with E-state index in [0.29, 0.717) is 19.3 Å². The van der Waals surface area contributed by atoms with E-state index in [1.54, 1.807) is 0 Å². The van der Waals surface area contributed by atoms with Crippen molar-refractivity contribution in [1.29, 1.82) is 0 Å². The van der Waals surface area contributed by atoms with E-state index in [9.17, 15) is 14.4 Å². The molecule has 0 N–H and O–H groups in total. The number of hydrogen-bond acceptors (Lipinski definition) is 6. The molecule has 0 unspecified atom stereocenters. The number of unbranched alkanes of at least 4 members (excludes halogenated alkanes) is 28. The fourth-order valence-corrected chi connectivity index (χ4v) is 7.61. The van der Waals surface area contributed by atoms with Crippen LogP contribution in [0.3, 0.4) is 0 Å². The third-order valence-corrected chi connectivity index (χ3v) is 11.7. The lowest BCUT2D eigenvalue weighted by Crippen LogP contribution is -2.30. The highest BCUT2D eigenvalue weighted by molar-refractivity contribution is 5.71. The van der Waals surface area contributed by atoms with Crippen LogP contribution in [0.1, 0.15) is 271 Å². The Morgan fingerprint density at radius 2 is 0.578 bits per heavy atom. The molecule has 0 heterocycles. The molecule has 0 aromatic rings. The molecule has 0 spiro atoms. The molecular formula is C58H102O6. The quantitative estimate of drug-likeness (QED) is 0.0262. The van der Waals surface area contributed by atoms with Crippen LogP contribution >= 0.6 is 0 Å². The van der Waals surface area contributed by atoms with E-state index >= 15 is 0 Å². The van der Waals surface area contributed by atoms with Gasteiger partial charge in [0, 0.05) is 19.3 Å². The van der Waals surface area contributed by atoms with Crippen molar-refractivity contribution >= 4 is 17.9 Å². The molecule has 0 rings (SSSR count). The van der Waals surface area contributed by atoms with E-state index < -0.39 is 6.10 Å². The van der Waals surface area contributed by atoms with Crippen LogP contribution in [0.2, 0.25) is 0 Å². The van der Waals surface area contributed by atoms with Crippen LogP contribution in [0.25, 0.3) is 0 Å². The molecule has 64 heavy (non-hydrogen) atoms. The third kappa shape index (κ3) is 50.1. The Balaban J connectivity index is 4.45. The molecular weight excluding hydrogens is 793 g/mol. The highest BCUT2D eigenvalue weighted by atomic mass is 16.6. The molecule has 370 valence electrons. The molecule has 1 atom stereocenters. The van der Waals surface area contributed by atoms with Gasteiger partial charge in [-0.25, -0.2) is 0 Å². The minimum atomic E-state index is -0.797. The molecule has 0 aliphatic carbocycles. The Morgan fingerprint density at radius 3 is 1.00 bits per heavy atom. The van der Waals surface area contributed by atoms with Crippen LogP contribution in [-0.4, -0.2) is 37.2 Å². The Kier molecular flexibility index (Phi) is 50.4. The van der Waals surface area contributed by atoms with Crippen LogP contribution in [0.4, 0.5) is 0 Å². The fourth-order valence-electron chi connectivity index (χ4n) is 7.61.